The van der Waals surface area contributed by atoms with Crippen LogP contribution >= 0.6 is 15.9 Å². The molecule has 0 saturated carbocycles. The summed E-state index contributed by atoms with van der Waals surface area (Å²) >= 11 is 3.20. The maximum absolute atomic E-state index is 13.5. The van der Waals surface area contributed by atoms with Gasteiger partial charge in [0, 0.05) is 29.8 Å². The van der Waals surface area contributed by atoms with Gasteiger partial charge in [-0.15, -0.1) is 0 Å². The van der Waals surface area contributed by atoms with Gasteiger partial charge in [0.15, 0.2) is 11.6 Å². The first-order valence-corrected chi connectivity index (χ1v) is 7.75. The molecule has 1 aliphatic rings. The number of piperidine rings is 1. The lowest BCUT2D eigenvalue weighted by molar-refractivity contribution is 0.160. The number of hydrogen-bond acceptors (Lipinski definition) is 3. The van der Waals surface area contributed by atoms with E-state index >= 15 is 0 Å². The number of halogens is 2. The molecule has 1 fully saturated rings. The van der Waals surface area contributed by atoms with E-state index in [4.69, 9.17) is 0 Å². The summed E-state index contributed by atoms with van der Waals surface area (Å²) < 4.78 is 14.2. The average Bonchev–Trinajstić information content (AvgIpc) is 2.38. The smallest absolute Gasteiger partial charge is 0.166 e. The van der Waals surface area contributed by atoms with Crippen molar-refractivity contribution in [1.82, 2.24) is 9.88 Å². The maximum atomic E-state index is 13.5. The standard InChI is InChI=1S/C14H21BrFN3/c1-11-5-2-3-7-19(11)8-4-6-17-14-13(16)9-12(15)10-18-14/h9-11H,2-8H2,1H3,(H,17,18). The van der Waals surface area contributed by atoms with Crippen molar-refractivity contribution in [2.24, 2.45) is 0 Å². The van der Waals surface area contributed by atoms with E-state index in [0.717, 1.165) is 19.5 Å². The van der Waals surface area contributed by atoms with Crippen molar-refractivity contribution in [2.45, 2.75) is 38.6 Å². The van der Waals surface area contributed by atoms with Gasteiger partial charge in [-0.3, -0.25) is 0 Å². The van der Waals surface area contributed by atoms with Crippen LogP contribution in [0.1, 0.15) is 32.6 Å². The lowest BCUT2D eigenvalue weighted by atomic mass is 10.0. The quantitative estimate of drug-likeness (QED) is 0.835. The van der Waals surface area contributed by atoms with Crippen molar-refractivity contribution in [1.29, 1.82) is 0 Å². The molecule has 1 saturated heterocycles. The Morgan fingerprint density at radius 2 is 2.37 bits per heavy atom. The highest BCUT2D eigenvalue weighted by Crippen LogP contribution is 2.17. The number of nitrogens with one attached hydrogen (secondary N) is 1. The second kappa shape index (κ2) is 7.20. The van der Waals surface area contributed by atoms with E-state index in [2.05, 4.69) is 38.1 Å². The van der Waals surface area contributed by atoms with Gasteiger partial charge in [0.1, 0.15) is 0 Å². The predicted octanol–water partition coefficient (Wildman–Crippen LogP) is 3.66. The van der Waals surface area contributed by atoms with Gasteiger partial charge in [0.2, 0.25) is 0 Å². The molecule has 0 aromatic carbocycles. The lowest BCUT2D eigenvalue weighted by Crippen LogP contribution is -2.38. The van der Waals surface area contributed by atoms with Crippen LogP contribution in [0.15, 0.2) is 16.7 Å². The number of hydrogen-bond donors (Lipinski definition) is 1. The molecular weight excluding hydrogens is 309 g/mol. The molecule has 0 spiro atoms. The first kappa shape index (κ1) is 14.7. The minimum Gasteiger partial charge on any atom is -0.368 e. The van der Waals surface area contributed by atoms with Crippen molar-refractivity contribution < 1.29 is 4.39 Å². The zero-order chi connectivity index (χ0) is 13.7. The molecule has 1 N–H and O–H groups in total. The van der Waals surface area contributed by atoms with Crippen LogP contribution in [0.3, 0.4) is 0 Å². The molecule has 0 aliphatic carbocycles. The van der Waals surface area contributed by atoms with Crippen LogP contribution in [0.2, 0.25) is 0 Å². The Morgan fingerprint density at radius 1 is 1.53 bits per heavy atom. The summed E-state index contributed by atoms with van der Waals surface area (Å²) in [6.07, 6.45) is 6.58. The van der Waals surface area contributed by atoms with Crippen LogP contribution in [0.5, 0.6) is 0 Å². The number of nitrogens with zero attached hydrogens (tertiary/aromatic N) is 2. The minimum absolute atomic E-state index is 0.305. The molecule has 0 amide bonds. The number of rotatable bonds is 5. The molecule has 1 atom stereocenters. The average molecular weight is 330 g/mol. The Bertz CT molecular complexity index is 414. The number of likely N-dealkylation sites (tertiary alicyclic amines) is 1. The Morgan fingerprint density at radius 3 is 3.11 bits per heavy atom. The molecule has 3 nitrogen and oxygen atoms in total. The maximum Gasteiger partial charge on any atom is 0.166 e. The Balaban J connectivity index is 1.71. The third-order valence-corrected chi connectivity index (χ3v) is 4.10. The zero-order valence-electron chi connectivity index (χ0n) is 11.3. The SMILES string of the molecule is CC1CCCCN1CCCNc1ncc(Br)cc1F. The van der Waals surface area contributed by atoms with Gasteiger partial charge in [-0.25, -0.2) is 9.37 Å². The van der Waals surface area contributed by atoms with Crippen LogP contribution in [-0.4, -0.2) is 35.6 Å². The van der Waals surface area contributed by atoms with E-state index in [9.17, 15) is 4.39 Å². The molecule has 1 aromatic rings. The molecule has 1 unspecified atom stereocenters. The van der Waals surface area contributed by atoms with Gasteiger partial charge in [-0.1, -0.05) is 6.42 Å². The topological polar surface area (TPSA) is 28.2 Å². The third kappa shape index (κ3) is 4.42. The molecule has 1 aromatic heterocycles. The summed E-state index contributed by atoms with van der Waals surface area (Å²) in [5.41, 5.74) is 0. The number of pyridine rings is 1. The van der Waals surface area contributed by atoms with Crippen LogP contribution < -0.4 is 5.32 Å². The summed E-state index contributed by atoms with van der Waals surface area (Å²) in [6, 6.07) is 2.12. The molecular formula is C14H21BrFN3. The summed E-state index contributed by atoms with van der Waals surface area (Å²) in [5, 5.41) is 3.06. The molecule has 0 bridgehead atoms. The summed E-state index contributed by atoms with van der Waals surface area (Å²) in [6.45, 7) is 5.33. The van der Waals surface area contributed by atoms with E-state index in [1.807, 2.05) is 0 Å². The fraction of sp³-hybridized carbons (Fsp3) is 0.643. The van der Waals surface area contributed by atoms with Crippen molar-refractivity contribution in [3.63, 3.8) is 0 Å². The highest BCUT2D eigenvalue weighted by Gasteiger charge is 2.17. The van der Waals surface area contributed by atoms with Gasteiger partial charge in [0.05, 0.1) is 0 Å². The first-order chi connectivity index (χ1) is 9.16. The predicted molar refractivity (Wildman–Crippen MR) is 79.9 cm³/mol. The van der Waals surface area contributed by atoms with Crippen molar-refractivity contribution in [3.05, 3.63) is 22.6 Å². The monoisotopic (exact) mass is 329 g/mol. The van der Waals surface area contributed by atoms with Crippen molar-refractivity contribution in [2.75, 3.05) is 25.0 Å². The molecule has 1 aliphatic heterocycles. The lowest BCUT2D eigenvalue weighted by Gasteiger charge is -2.33. The summed E-state index contributed by atoms with van der Waals surface area (Å²) in [4.78, 5) is 6.55. The van der Waals surface area contributed by atoms with E-state index in [-0.39, 0.29) is 5.82 Å². The Hall–Kier alpha value is -0.680. The number of aromatic nitrogens is 1. The molecule has 2 heterocycles. The summed E-state index contributed by atoms with van der Waals surface area (Å²) in [7, 11) is 0. The second-order valence-corrected chi connectivity index (χ2v) is 6.06. The fourth-order valence-electron chi connectivity index (χ4n) is 2.52. The highest BCUT2D eigenvalue weighted by atomic mass is 79.9. The van der Waals surface area contributed by atoms with Gasteiger partial charge >= 0.3 is 0 Å². The molecule has 5 heteroatoms. The van der Waals surface area contributed by atoms with E-state index in [1.165, 1.54) is 31.9 Å². The van der Waals surface area contributed by atoms with Crippen LogP contribution in [0, 0.1) is 5.82 Å². The first-order valence-electron chi connectivity index (χ1n) is 6.96. The molecule has 19 heavy (non-hydrogen) atoms. The number of anilines is 1. The van der Waals surface area contributed by atoms with Gasteiger partial charge in [-0.2, -0.15) is 0 Å². The van der Waals surface area contributed by atoms with Crippen LogP contribution in [0.25, 0.3) is 0 Å². The zero-order valence-corrected chi connectivity index (χ0v) is 12.9. The van der Waals surface area contributed by atoms with Crippen LogP contribution in [-0.2, 0) is 0 Å². The van der Waals surface area contributed by atoms with E-state index in [0.29, 0.717) is 16.3 Å². The van der Waals surface area contributed by atoms with Crippen LogP contribution in [0.4, 0.5) is 10.2 Å². The van der Waals surface area contributed by atoms with E-state index < -0.39 is 0 Å². The third-order valence-electron chi connectivity index (χ3n) is 3.66. The largest absolute Gasteiger partial charge is 0.368 e. The Labute approximate surface area is 122 Å². The van der Waals surface area contributed by atoms with Gasteiger partial charge in [0.25, 0.3) is 0 Å². The molecule has 0 radical (unpaired) electrons. The molecule has 106 valence electrons. The van der Waals surface area contributed by atoms with Gasteiger partial charge < -0.3 is 10.2 Å². The van der Waals surface area contributed by atoms with E-state index in [1.54, 1.807) is 6.20 Å². The van der Waals surface area contributed by atoms with Gasteiger partial charge in [-0.05, 0) is 54.7 Å². The molecule has 2 rings (SSSR count). The highest BCUT2D eigenvalue weighted by molar-refractivity contribution is 9.10. The second-order valence-electron chi connectivity index (χ2n) is 5.15. The fourth-order valence-corrected chi connectivity index (χ4v) is 2.83. The summed E-state index contributed by atoms with van der Waals surface area (Å²) in [5.74, 6) is 0.0376. The normalized spacial score (nSPS) is 20.5. The minimum atomic E-state index is -0.305. The van der Waals surface area contributed by atoms with Crippen molar-refractivity contribution >= 4 is 21.7 Å². The Kier molecular flexibility index (Phi) is 5.58. The van der Waals surface area contributed by atoms with Crippen molar-refractivity contribution in [3.8, 4) is 0 Å².